The first-order valence-corrected chi connectivity index (χ1v) is 17.5. The highest BCUT2D eigenvalue weighted by Crippen LogP contribution is 2.32. The molecule has 0 heterocycles. The second-order valence-electron chi connectivity index (χ2n) is 11.0. The van der Waals surface area contributed by atoms with Gasteiger partial charge in [0, 0.05) is 29.5 Å². The molecule has 0 fully saturated rings. The quantitative estimate of drug-likeness (QED) is 0.156. The number of anilines is 1. The van der Waals surface area contributed by atoms with Crippen LogP contribution in [0, 0.1) is 0 Å². The van der Waals surface area contributed by atoms with E-state index in [1.165, 1.54) is 37.3 Å². The Kier molecular flexibility index (Phi) is 12.4. The highest BCUT2D eigenvalue weighted by atomic mass is 79.9. The first-order valence-electron chi connectivity index (χ1n) is 15.2. The topological polar surface area (TPSA) is 105 Å². The first-order chi connectivity index (χ1) is 22.6. The monoisotopic (exact) mass is 721 g/mol. The van der Waals surface area contributed by atoms with Crippen molar-refractivity contribution in [3.8, 4) is 11.5 Å². The van der Waals surface area contributed by atoms with Gasteiger partial charge >= 0.3 is 0 Å². The van der Waals surface area contributed by atoms with Crippen LogP contribution in [-0.4, -0.2) is 58.0 Å². The summed E-state index contributed by atoms with van der Waals surface area (Å²) in [6.45, 7) is 3.40. The van der Waals surface area contributed by atoms with Crippen molar-refractivity contribution in [2.24, 2.45) is 0 Å². The van der Waals surface area contributed by atoms with Crippen molar-refractivity contribution in [1.82, 2.24) is 10.2 Å². The van der Waals surface area contributed by atoms with E-state index >= 15 is 0 Å². The van der Waals surface area contributed by atoms with Gasteiger partial charge in [-0.3, -0.25) is 13.9 Å². The molecule has 4 rings (SSSR count). The number of rotatable bonds is 15. The van der Waals surface area contributed by atoms with Gasteiger partial charge in [-0.1, -0.05) is 83.5 Å². The molecule has 0 saturated heterocycles. The van der Waals surface area contributed by atoms with E-state index in [4.69, 9.17) is 9.47 Å². The average molecular weight is 723 g/mol. The van der Waals surface area contributed by atoms with Gasteiger partial charge in [0.1, 0.15) is 12.6 Å². The summed E-state index contributed by atoms with van der Waals surface area (Å²) in [6, 6.07) is 28.6. The zero-order valence-electron chi connectivity index (χ0n) is 26.9. The van der Waals surface area contributed by atoms with Gasteiger partial charge in [0.05, 0.1) is 24.8 Å². The van der Waals surface area contributed by atoms with Gasteiger partial charge < -0.3 is 19.7 Å². The fourth-order valence-electron chi connectivity index (χ4n) is 5.01. The largest absolute Gasteiger partial charge is 0.493 e. The van der Waals surface area contributed by atoms with Crippen molar-refractivity contribution >= 4 is 43.5 Å². The number of halogens is 1. The van der Waals surface area contributed by atoms with Crippen LogP contribution in [-0.2, 0) is 32.6 Å². The lowest BCUT2D eigenvalue weighted by Crippen LogP contribution is -2.54. The minimum atomic E-state index is -4.30. The number of hydrogen-bond acceptors (Lipinski definition) is 6. The van der Waals surface area contributed by atoms with Crippen molar-refractivity contribution in [1.29, 1.82) is 0 Å². The molecule has 0 aliphatic rings. The number of nitrogens with zero attached hydrogens (tertiary/aromatic N) is 2. The maximum Gasteiger partial charge on any atom is 0.264 e. The van der Waals surface area contributed by atoms with E-state index in [2.05, 4.69) is 21.2 Å². The normalized spacial score (nSPS) is 12.4. The minimum Gasteiger partial charge on any atom is -0.493 e. The number of benzene rings is 4. The van der Waals surface area contributed by atoms with Crippen LogP contribution >= 0.6 is 15.9 Å². The summed E-state index contributed by atoms with van der Waals surface area (Å²) in [5.74, 6) is -0.260. The number of methoxy groups -OCH3 is 2. The second kappa shape index (κ2) is 16.5. The van der Waals surface area contributed by atoms with E-state index in [0.29, 0.717) is 17.9 Å². The van der Waals surface area contributed by atoms with Gasteiger partial charge in [-0.15, -0.1) is 0 Å². The van der Waals surface area contributed by atoms with Crippen LogP contribution < -0.4 is 19.1 Å². The van der Waals surface area contributed by atoms with Crippen LogP contribution in [0.2, 0.25) is 0 Å². The molecule has 248 valence electrons. The van der Waals surface area contributed by atoms with Gasteiger partial charge in [-0.05, 0) is 60.9 Å². The number of amides is 2. The van der Waals surface area contributed by atoms with Gasteiger partial charge in [0.15, 0.2) is 11.5 Å². The molecule has 0 aromatic heterocycles. The molecule has 0 aliphatic carbocycles. The number of carbonyl (C=O) groups excluding carboxylic acids is 2. The predicted molar refractivity (Wildman–Crippen MR) is 187 cm³/mol. The number of ether oxygens (including phenoxy) is 2. The summed E-state index contributed by atoms with van der Waals surface area (Å²) >= 11 is 3.46. The van der Waals surface area contributed by atoms with Crippen LogP contribution in [0.3, 0.4) is 0 Å². The zero-order valence-corrected chi connectivity index (χ0v) is 29.3. The van der Waals surface area contributed by atoms with Gasteiger partial charge in [0.2, 0.25) is 11.8 Å². The number of sulfonamides is 1. The third-order valence-corrected chi connectivity index (χ3v) is 10.1. The molecule has 4 aromatic rings. The highest BCUT2D eigenvalue weighted by molar-refractivity contribution is 9.10. The maximum atomic E-state index is 14.6. The summed E-state index contributed by atoms with van der Waals surface area (Å²) in [5.41, 5.74) is 1.94. The summed E-state index contributed by atoms with van der Waals surface area (Å²) in [4.78, 5) is 29.9. The lowest BCUT2D eigenvalue weighted by Gasteiger charge is -2.34. The first kappa shape index (κ1) is 35.5. The molecule has 0 unspecified atom stereocenters. The van der Waals surface area contributed by atoms with E-state index < -0.39 is 28.5 Å². The molecule has 1 N–H and O–H groups in total. The Morgan fingerprint density at radius 2 is 1.45 bits per heavy atom. The molecule has 2 atom stereocenters. The van der Waals surface area contributed by atoms with E-state index in [1.54, 1.807) is 30.3 Å². The Labute approximate surface area is 285 Å². The summed E-state index contributed by atoms with van der Waals surface area (Å²) in [6.07, 6.45) is 0.939. The second-order valence-corrected chi connectivity index (χ2v) is 13.8. The Bertz CT molecular complexity index is 1740. The van der Waals surface area contributed by atoms with Gasteiger partial charge in [-0.2, -0.15) is 0 Å². The fourth-order valence-corrected chi connectivity index (χ4v) is 6.70. The summed E-state index contributed by atoms with van der Waals surface area (Å²) in [5, 5.41) is 3.05. The maximum absolute atomic E-state index is 14.6. The van der Waals surface area contributed by atoms with Crippen LogP contribution in [0.25, 0.3) is 0 Å². The molecular weight excluding hydrogens is 682 g/mol. The van der Waals surface area contributed by atoms with Crippen molar-refractivity contribution in [2.45, 2.75) is 50.2 Å². The molecule has 9 nitrogen and oxygen atoms in total. The molecule has 0 bridgehead atoms. The minimum absolute atomic E-state index is 0.0799. The van der Waals surface area contributed by atoms with Crippen molar-refractivity contribution in [2.75, 3.05) is 25.1 Å². The van der Waals surface area contributed by atoms with Crippen molar-refractivity contribution in [3.05, 3.63) is 119 Å². The third-order valence-electron chi connectivity index (χ3n) is 7.80. The molecular formula is C36H40BrN3O6S. The Hall–Kier alpha value is -4.35. The number of hydrogen-bond donors (Lipinski definition) is 1. The number of carbonyl (C=O) groups is 2. The predicted octanol–water partition coefficient (Wildman–Crippen LogP) is 6.22. The molecule has 4 aromatic carbocycles. The SMILES string of the molecule is CC[C@H](C)NC(=O)[C@@H](Cc1ccccc1)N(Cc1ccc(Br)cc1)C(=O)CN(c1ccccc1)S(=O)(=O)c1ccc(OC)c(OC)c1. The summed E-state index contributed by atoms with van der Waals surface area (Å²) in [7, 11) is -1.42. The third kappa shape index (κ3) is 9.14. The summed E-state index contributed by atoms with van der Waals surface area (Å²) < 4.78 is 41.2. The van der Waals surface area contributed by atoms with E-state index in [1.807, 2.05) is 68.4 Å². The lowest BCUT2D eigenvalue weighted by atomic mass is 10.0. The zero-order chi connectivity index (χ0) is 34.0. The molecule has 0 radical (unpaired) electrons. The van der Waals surface area contributed by atoms with Crippen molar-refractivity contribution in [3.63, 3.8) is 0 Å². The molecule has 0 spiro atoms. The number of nitrogens with one attached hydrogen (secondary N) is 1. The Morgan fingerprint density at radius 3 is 2.04 bits per heavy atom. The Balaban J connectivity index is 1.81. The van der Waals surface area contributed by atoms with E-state index in [9.17, 15) is 18.0 Å². The van der Waals surface area contributed by atoms with E-state index in [-0.39, 0.29) is 35.6 Å². The van der Waals surface area contributed by atoms with Crippen LogP contribution in [0.1, 0.15) is 31.4 Å². The molecule has 2 amide bonds. The van der Waals surface area contributed by atoms with Crippen LogP contribution in [0.5, 0.6) is 11.5 Å². The van der Waals surface area contributed by atoms with Gasteiger partial charge in [-0.25, -0.2) is 8.42 Å². The lowest BCUT2D eigenvalue weighted by molar-refractivity contribution is -0.140. The Morgan fingerprint density at radius 1 is 0.830 bits per heavy atom. The molecule has 0 aliphatic heterocycles. The average Bonchev–Trinajstić information content (AvgIpc) is 3.09. The van der Waals surface area contributed by atoms with Crippen molar-refractivity contribution < 1.29 is 27.5 Å². The van der Waals surface area contributed by atoms with Crippen LogP contribution in [0.15, 0.2) is 112 Å². The molecule has 47 heavy (non-hydrogen) atoms. The fraction of sp³-hybridized carbons (Fsp3) is 0.278. The van der Waals surface area contributed by atoms with E-state index in [0.717, 1.165) is 19.9 Å². The number of para-hydroxylation sites is 1. The standard InChI is InChI=1S/C36H40BrN3O6S/c1-5-26(2)38-36(42)32(22-27-12-8-6-9-13-27)39(24-28-16-18-29(37)19-17-28)35(41)25-40(30-14-10-7-11-15-30)47(43,44)31-20-21-33(45-3)34(23-31)46-4/h6-21,23,26,32H,5,22,24-25H2,1-4H3,(H,38,42)/t26-,32+/m0/s1. The smallest absolute Gasteiger partial charge is 0.264 e. The van der Waals surface area contributed by atoms with Crippen LogP contribution in [0.4, 0.5) is 5.69 Å². The molecule has 11 heteroatoms. The highest BCUT2D eigenvalue weighted by Gasteiger charge is 2.35. The van der Waals surface area contributed by atoms with Gasteiger partial charge in [0.25, 0.3) is 10.0 Å². The molecule has 0 saturated carbocycles.